The number of benzene rings is 3. The van der Waals surface area contributed by atoms with Crippen LogP contribution in [0.1, 0.15) is 45.6 Å². The lowest BCUT2D eigenvalue weighted by Gasteiger charge is -2.33. The maximum atomic E-state index is 14.0. The van der Waals surface area contributed by atoms with E-state index in [9.17, 15) is 24.0 Å². The van der Waals surface area contributed by atoms with Crippen molar-refractivity contribution in [2.24, 2.45) is 0 Å². The van der Waals surface area contributed by atoms with E-state index in [1.54, 1.807) is 60.7 Å². The second-order valence-corrected chi connectivity index (χ2v) is 9.43. The average molecular weight is 525 g/mol. The molecular formula is C30H24N2O7. The second-order valence-electron chi connectivity index (χ2n) is 9.43. The molecule has 1 aromatic heterocycles. The van der Waals surface area contributed by atoms with E-state index in [2.05, 4.69) is 4.98 Å². The van der Waals surface area contributed by atoms with Gasteiger partial charge in [0.2, 0.25) is 0 Å². The molecule has 1 aliphatic carbocycles. The van der Waals surface area contributed by atoms with Crippen molar-refractivity contribution in [1.29, 1.82) is 0 Å². The zero-order chi connectivity index (χ0) is 27.6. The molecule has 1 fully saturated rings. The topological polar surface area (TPSA) is 135 Å². The Labute approximate surface area is 222 Å². The van der Waals surface area contributed by atoms with E-state index in [1.807, 2.05) is 36.2 Å². The number of rotatable bonds is 7. The third-order valence-corrected chi connectivity index (χ3v) is 6.80. The van der Waals surface area contributed by atoms with Crippen LogP contribution in [0, 0.1) is 6.92 Å². The molecule has 4 aromatic rings. The number of carbonyl (C=O) groups excluding carboxylic acids is 3. The molecule has 0 unspecified atom stereocenters. The summed E-state index contributed by atoms with van der Waals surface area (Å²) in [5, 5.41) is 0. The van der Waals surface area contributed by atoms with Gasteiger partial charge in [-0.2, -0.15) is 0 Å². The molecule has 5 rings (SSSR count). The normalized spacial score (nSPS) is 13.8. The Hall–Kier alpha value is -5.05. The summed E-state index contributed by atoms with van der Waals surface area (Å²) in [6.45, 7) is 1.94. The first-order valence-corrected chi connectivity index (χ1v) is 12.3. The summed E-state index contributed by atoms with van der Waals surface area (Å²) >= 11 is 0. The predicted octanol–water partition coefficient (Wildman–Crippen LogP) is 3.27. The molecule has 0 radical (unpaired) electrons. The number of aromatic nitrogens is 2. The fraction of sp³-hybridized carbons (Fsp3) is 0.167. The van der Waals surface area contributed by atoms with E-state index in [0.29, 0.717) is 12.8 Å². The fourth-order valence-corrected chi connectivity index (χ4v) is 4.54. The minimum atomic E-state index is -2.17. The van der Waals surface area contributed by atoms with Crippen LogP contribution in [-0.4, -0.2) is 27.9 Å². The lowest BCUT2D eigenvalue weighted by Crippen LogP contribution is -2.46. The summed E-state index contributed by atoms with van der Waals surface area (Å²) in [5.41, 5.74) is -3.15. The molecule has 196 valence electrons. The third kappa shape index (κ3) is 4.82. The highest BCUT2D eigenvalue weighted by Crippen LogP contribution is 2.51. The molecule has 1 aliphatic rings. The molecule has 0 atom stereocenters. The summed E-state index contributed by atoms with van der Waals surface area (Å²) in [6, 6.07) is 24.8. The van der Waals surface area contributed by atoms with Crippen molar-refractivity contribution in [3.63, 3.8) is 0 Å². The monoisotopic (exact) mass is 524 g/mol. The van der Waals surface area contributed by atoms with Gasteiger partial charge >= 0.3 is 23.6 Å². The molecule has 0 spiro atoms. The van der Waals surface area contributed by atoms with Crippen molar-refractivity contribution in [1.82, 2.24) is 9.97 Å². The average Bonchev–Trinajstić information content (AvgIpc) is 3.75. The Balaban J connectivity index is 1.61. The van der Waals surface area contributed by atoms with Gasteiger partial charge in [-0.05, 0) is 25.3 Å². The molecule has 0 amide bonds. The third-order valence-electron chi connectivity index (χ3n) is 6.80. The van der Waals surface area contributed by atoms with Crippen molar-refractivity contribution in [3.8, 4) is 0 Å². The van der Waals surface area contributed by atoms with Crippen molar-refractivity contribution < 1.29 is 23.9 Å². The molecule has 0 saturated heterocycles. The maximum Gasteiger partial charge on any atom is 0.368 e. The number of nitrogens with one attached hydrogen (secondary N) is 2. The van der Waals surface area contributed by atoms with Crippen LogP contribution in [0.15, 0.2) is 101 Å². The van der Waals surface area contributed by atoms with Crippen LogP contribution in [0.3, 0.4) is 0 Å². The van der Waals surface area contributed by atoms with Gasteiger partial charge in [0.05, 0.1) is 5.41 Å². The number of carbonyl (C=O) groups is 3. The van der Waals surface area contributed by atoms with Gasteiger partial charge in [-0.25, -0.2) is 14.4 Å². The molecular weight excluding hydrogens is 500 g/mol. The van der Waals surface area contributed by atoms with Gasteiger partial charge in [-0.1, -0.05) is 90.5 Å². The zero-order valence-corrected chi connectivity index (χ0v) is 20.9. The second kappa shape index (κ2) is 10.0. The van der Waals surface area contributed by atoms with E-state index in [0.717, 1.165) is 17.2 Å². The Kier molecular flexibility index (Phi) is 6.57. The summed E-state index contributed by atoms with van der Waals surface area (Å²) in [7, 11) is 0. The van der Waals surface area contributed by atoms with E-state index >= 15 is 0 Å². The molecule has 3 aromatic carbocycles. The maximum absolute atomic E-state index is 14.0. The van der Waals surface area contributed by atoms with Crippen LogP contribution in [0.2, 0.25) is 0 Å². The quantitative estimate of drug-likeness (QED) is 0.280. The Morgan fingerprint density at radius 1 is 0.795 bits per heavy atom. The highest BCUT2D eigenvalue weighted by atomic mass is 16.6. The fourth-order valence-electron chi connectivity index (χ4n) is 4.54. The van der Waals surface area contributed by atoms with Crippen molar-refractivity contribution in [2.45, 2.75) is 30.8 Å². The number of aromatic amines is 2. The molecule has 0 aliphatic heterocycles. The smallest absolute Gasteiger partial charge is 0.368 e. The number of H-pyrrole nitrogens is 2. The molecule has 1 saturated carbocycles. The SMILES string of the molecule is Cc1ccc(C2(C(=O)OC(C(=O)OC(=O)c3cc(=O)[nH]c(=O)[nH]3)(c3ccccc3)c3ccccc3)CC2)cc1. The van der Waals surface area contributed by atoms with E-state index in [1.165, 1.54) is 0 Å². The first-order valence-electron chi connectivity index (χ1n) is 12.3. The van der Waals surface area contributed by atoms with Gasteiger partial charge in [0.25, 0.3) is 11.2 Å². The summed E-state index contributed by atoms with van der Waals surface area (Å²) in [5.74, 6) is -3.14. The van der Waals surface area contributed by atoms with E-state index < -0.39 is 45.9 Å². The molecule has 2 N–H and O–H groups in total. The minimum absolute atomic E-state index is 0.251. The van der Waals surface area contributed by atoms with Crippen molar-refractivity contribution in [2.75, 3.05) is 0 Å². The number of esters is 3. The predicted molar refractivity (Wildman–Crippen MR) is 140 cm³/mol. The highest BCUT2D eigenvalue weighted by molar-refractivity contribution is 6.01. The molecule has 1 heterocycles. The molecule has 9 nitrogen and oxygen atoms in total. The summed E-state index contributed by atoms with van der Waals surface area (Å²) < 4.78 is 11.4. The van der Waals surface area contributed by atoms with Gasteiger partial charge in [0, 0.05) is 17.2 Å². The summed E-state index contributed by atoms with van der Waals surface area (Å²) in [6.07, 6.45) is 1.05. The number of hydrogen-bond donors (Lipinski definition) is 2. The van der Waals surface area contributed by atoms with E-state index in [-0.39, 0.29) is 11.1 Å². The number of ether oxygens (including phenoxy) is 2. The minimum Gasteiger partial charge on any atom is -0.436 e. The van der Waals surface area contributed by atoms with Crippen LogP contribution >= 0.6 is 0 Å². The van der Waals surface area contributed by atoms with Crippen LogP contribution in [0.5, 0.6) is 0 Å². The van der Waals surface area contributed by atoms with Crippen molar-refractivity contribution in [3.05, 3.63) is 140 Å². The first-order chi connectivity index (χ1) is 18.7. The molecule has 39 heavy (non-hydrogen) atoms. The Bertz CT molecular complexity index is 1580. The Morgan fingerprint density at radius 2 is 1.36 bits per heavy atom. The standard InChI is InChI=1S/C30H24N2O7/c1-19-12-14-20(15-13-19)29(16-17-29)26(35)39-30(21-8-4-2-5-9-21,22-10-6-3-7-11-22)27(36)38-25(34)23-18-24(33)32-28(37)31-23/h2-15,18H,16-17H2,1H3,(H2,31,32,33,37). The summed E-state index contributed by atoms with van der Waals surface area (Å²) in [4.78, 5) is 68.3. The molecule has 9 heteroatoms. The highest BCUT2D eigenvalue weighted by Gasteiger charge is 2.58. The Morgan fingerprint density at radius 3 is 1.87 bits per heavy atom. The van der Waals surface area contributed by atoms with Gasteiger partial charge in [0.15, 0.2) is 0 Å². The van der Waals surface area contributed by atoms with Gasteiger partial charge in [0.1, 0.15) is 5.69 Å². The van der Waals surface area contributed by atoms with Crippen molar-refractivity contribution >= 4 is 17.9 Å². The van der Waals surface area contributed by atoms with Crippen LogP contribution in [-0.2, 0) is 30.1 Å². The number of aryl methyl sites for hydroxylation is 1. The van der Waals surface area contributed by atoms with Gasteiger partial charge in [-0.15, -0.1) is 0 Å². The van der Waals surface area contributed by atoms with E-state index in [4.69, 9.17) is 9.47 Å². The van der Waals surface area contributed by atoms with Gasteiger partial charge < -0.3 is 14.5 Å². The lowest BCUT2D eigenvalue weighted by molar-refractivity contribution is -0.177. The largest absolute Gasteiger partial charge is 0.436 e. The zero-order valence-electron chi connectivity index (χ0n) is 20.9. The molecule has 0 bridgehead atoms. The first kappa shape index (κ1) is 25.6. The van der Waals surface area contributed by atoms with Crippen LogP contribution < -0.4 is 11.2 Å². The number of hydrogen-bond acceptors (Lipinski definition) is 7. The van der Waals surface area contributed by atoms with Gasteiger partial charge in [-0.3, -0.25) is 14.6 Å². The van der Waals surface area contributed by atoms with Crippen LogP contribution in [0.4, 0.5) is 0 Å². The lowest BCUT2D eigenvalue weighted by atomic mass is 9.85. The van der Waals surface area contributed by atoms with Crippen LogP contribution in [0.25, 0.3) is 0 Å².